The highest BCUT2D eigenvalue weighted by atomic mass is 32.1. The van der Waals surface area contributed by atoms with E-state index in [0.29, 0.717) is 28.6 Å². The molecule has 2 aromatic heterocycles. The summed E-state index contributed by atoms with van der Waals surface area (Å²) in [6.45, 7) is 2.69. The molecule has 0 unspecified atom stereocenters. The van der Waals surface area contributed by atoms with E-state index in [1.165, 1.54) is 7.11 Å². The minimum absolute atomic E-state index is 0.169. The largest absolute Gasteiger partial charge is 0.493 e. The Morgan fingerprint density at radius 2 is 1.79 bits per heavy atom. The molecule has 0 saturated heterocycles. The van der Waals surface area contributed by atoms with E-state index in [-0.39, 0.29) is 17.2 Å². The van der Waals surface area contributed by atoms with Gasteiger partial charge >= 0.3 is 11.9 Å². The van der Waals surface area contributed by atoms with E-state index < -0.39 is 31.1 Å². The predicted octanol–water partition coefficient (Wildman–Crippen LogP) is 4.06. The molecular formula is C23H23NO8S. The van der Waals surface area contributed by atoms with Crippen molar-refractivity contribution in [2.24, 2.45) is 0 Å². The summed E-state index contributed by atoms with van der Waals surface area (Å²) >= 11 is 1.14. The van der Waals surface area contributed by atoms with E-state index in [1.807, 2.05) is 0 Å². The molecule has 1 amide bonds. The number of hydrogen-bond acceptors (Lipinski definition) is 9. The maximum atomic E-state index is 12.5. The zero-order valence-corrected chi connectivity index (χ0v) is 19.2. The van der Waals surface area contributed by atoms with Crippen LogP contribution in [0.15, 0.2) is 46.2 Å². The maximum absolute atomic E-state index is 12.5. The topological polar surface area (TPSA) is 113 Å². The fourth-order valence-corrected chi connectivity index (χ4v) is 3.80. The van der Waals surface area contributed by atoms with E-state index in [9.17, 15) is 14.4 Å². The summed E-state index contributed by atoms with van der Waals surface area (Å²) in [5, 5.41) is 4.55. The molecule has 0 fully saturated rings. The first-order chi connectivity index (χ1) is 15.9. The number of para-hydroxylation sites is 2. The van der Waals surface area contributed by atoms with Crippen molar-refractivity contribution in [1.82, 2.24) is 0 Å². The first kappa shape index (κ1) is 23.9. The van der Waals surface area contributed by atoms with Gasteiger partial charge in [-0.1, -0.05) is 12.1 Å². The van der Waals surface area contributed by atoms with Gasteiger partial charge in [0.25, 0.3) is 5.91 Å². The van der Waals surface area contributed by atoms with Crippen LogP contribution < -0.4 is 14.8 Å². The third kappa shape index (κ3) is 6.13. The van der Waals surface area contributed by atoms with Gasteiger partial charge in [0, 0.05) is 10.9 Å². The molecule has 10 heteroatoms. The second kappa shape index (κ2) is 11.2. The first-order valence-electron chi connectivity index (χ1n) is 9.99. The van der Waals surface area contributed by atoms with Gasteiger partial charge in [-0.25, -0.2) is 9.59 Å². The van der Waals surface area contributed by atoms with E-state index in [4.69, 9.17) is 23.4 Å². The molecule has 0 aliphatic heterocycles. The lowest BCUT2D eigenvalue weighted by atomic mass is 10.1. The van der Waals surface area contributed by atoms with Gasteiger partial charge < -0.3 is 28.7 Å². The van der Waals surface area contributed by atoms with Crippen LogP contribution >= 0.6 is 11.3 Å². The van der Waals surface area contributed by atoms with Crippen molar-refractivity contribution in [3.05, 3.63) is 53.1 Å². The van der Waals surface area contributed by atoms with Crippen LogP contribution in [0.1, 0.15) is 23.0 Å². The Bertz CT molecular complexity index is 1130. The average molecular weight is 474 g/mol. The predicted molar refractivity (Wildman–Crippen MR) is 121 cm³/mol. The van der Waals surface area contributed by atoms with Gasteiger partial charge in [0.1, 0.15) is 22.1 Å². The highest BCUT2D eigenvalue weighted by Gasteiger charge is 2.24. The summed E-state index contributed by atoms with van der Waals surface area (Å²) < 4.78 is 26.2. The lowest BCUT2D eigenvalue weighted by Crippen LogP contribution is -2.24. The molecule has 0 radical (unpaired) electrons. The van der Waals surface area contributed by atoms with Crippen LogP contribution in [-0.2, 0) is 19.1 Å². The van der Waals surface area contributed by atoms with Crippen molar-refractivity contribution in [2.75, 3.05) is 32.2 Å². The Kier molecular flexibility index (Phi) is 8.09. The summed E-state index contributed by atoms with van der Waals surface area (Å²) in [5.74, 6) is 0.0516. The quantitative estimate of drug-likeness (QED) is 0.439. The third-order valence-electron chi connectivity index (χ3n) is 4.31. The van der Waals surface area contributed by atoms with Crippen LogP contribution in [0.5, 0.6) is 11.5 Å². The zero-order valence-electron chi connectivity index (χ0n) is 18.3. The molecule has 0 atom stereocenters. The maximum Gasteiger partial charge on any atom is 0.344 e. The zero-order chi connectivity index (χ0) is 23.8. The van der Waals surface area contributed by atoms with Crippen molar-refractivity contribution >= 4 is 34.2 Å². The molecule has 0 aliphatic carbocycles. The Labute approximate surface area is 194 Å². The van der Waals surface area contributed by atoms with Gasteiger partial charge in [0.15, 0.2) is 24.7 Å². The molecule has 0 aliphatic rings. The summed E-state index contributed by atoms with van der Waals surface area (Å²) in [4.78, 5) is 36.9. The second-order valence-electron chi connectivity index (χ2n) is 6.63. The summed E-state index contributed by atoms with van der Waals surface area (Å²) in [5.41, 5.74) is 0.680. The van der Waals surface area contributed by atoms with Crippen LogP contribution in [-0.4, -0.2) is 44.8 Å². The van der Waals surface area contributed by atoms with Crippen molar-refractivity contribution in [2.45, 2.75) is 13.8 Å². The highest BCUT2D eigenvalue weighted by molar-refractivity contribution is 7.15. The lowest BCUT2D eigenvalue weighted by Gasteiger charge is -2.10. The number of furan rings is 1. The van der Waals surface area contributed by atoms with E-state index >= 15 is 0 Å². The third-order valence-corrected chi connectivity index (χ3v) is 5.20. The van der Waals surface area contributed by atoms with Gasteiger partial charge in [-0.05, 0) is 38.1 Å². The number of aryl methyl sites for hydroxylation is 1. The molecular weight excluding hydrogens is 450 g/mol. The minimum Gasteiger partial charge on any atom is -0.493 e. The summed E-state index contributed by atoms with van der Waals surface area (Å²) in [7, 11) is 1.48. The minimum atomic E-state index is -0.736. The first-order valence-corrected chi connectivity index (χ1v) is 10.9. The number of esters is 2. The van der Waals surface area contributed by atoms with Gasteiger partial charge in [-0.3, -0.25) is 4.79 Å². The Morgan fingerprint density at radius 3 is 2.45 bits per heavy atom. The number of methoxy groups -OCH3 is 1. The number of carbonyl (C=O) groups excluding carboxylic acids is 3. The van der Waals surface area contributed by atoms with Crippen LogP contribution in [0, 0.1) is 6.92 Å². The second-order valence-corrected chi connectivity index (χ2v) is 7.51. The molecule has 33 heavy (non-hydrogen) atoms. The fraction of sp³-hybridized carbons (Fsp3) is 0.261. The Hall–Kier alpha value is -3.79. The van der Waals surface area contributed by atoms with Gasteiger partial charge in [-0.2, -0.15) is 0 Å². The number of rotatable bonds is 10. The van der Waals surface area contributed by atoms with Gasteiger partial charge in [0.2, 0.25) is 0 Å². The fourth-order valence-electron chi connectivity index (χ4n) is 2.84. The SMILES string of the molecule is CCOC(=O)c1c(-c2ccc(C)o2)csc1NC(=O)COC(=O)COc1ccccc1OC. The standard InChI is InChI=1S/C23H23NO8S/c1-4-29-23(27)21-15(16-10-9-14(2)32-16)13-33-22(21)24-19(25)11-31-20(26)12-30-18-8-6-5-7-17(18)28-3/h5-10,13H,4,11-12H2,1-3H3,(H,24,25). The average Bonchev–Trinajstić information content (AvgIpc) is 3.42. The van der Waals surface area contributed by atoms with Crippen LogP contribution in [0.3, 0.4) is 0 Å². The normalized spacial score (nSPS) is 10.4. The van der Waals surface area contributed by atoms with Gasteiger partial charge in [0.05, 0.1) is 13.7 Å². The molecule has 1 aromatic carbocycles. The molecule has 0 bridgehead atoms. The summed E-state index contributed by atoms with van der Waals surface area (Å²) in [6.07, 6.45) is 0. The molecule has 3 aromatic rings. The molecule has 2 heterocycles. The molecule has 174 valence electrons. The number of nitrogens with one attached hydrogen (secondary N) is 1. The number of amides is 1. The highest BCUT2D eigenvalue weighted by Crippen LogP contribution is 2.37. The van der Waals surface area contributed by atoms with E-state index in [1.54, 1.807) is 55.6 Å². The number of thiophene rings is 1. The molecule has 3 rings (SSSR count). The Balaban J connectivity index is 1.61. The van der Waals surface area contributed by atoms with Gasteiger partial charge in [-0.15, -0.1) is 11.3 Å². The van der Waals surface area contributed by atoms with Crippen LogP contribution in [0.4, 0.5) is 5.00 Å². The molecule has 1 N–H and O–H groups in total. The number of hydrogen-bond donors (Lipinski definition) is 1. The number of benzene rings is 1. The van der Waals surface area contributed by atoms with E-state index in [0.717, 1.165) is 11.3 Å². The van der Waals surface area contributed by atoms with Crippen LogP contribution in [0.25, 0.3) is 11.3 Å². The van der Waals surface area contributed by atoms with Crippen molar-refractivity contribution in [1.29, 1.82) is 0 Å². The smallest absolute Gasteiger partial charge is 0.344 e. The van der Waals surface area contributed by atoms with Crippen molar-refractivity contribution in [3.8, 4) is 22.8 Å². The summed E-state index contributed by atoms with van der Waals surface area (Å²) in [6, 6.07) is 10.3. The number of carbonyl (C=O) groups is 3. The monoisotopic (exact) mass is 473 g/mol. The Morgan fingerprint density at radius 1 is 1.03 bits per heavy atom. The van der Waals surface area contributed by atoms with E-state index in [2.05, 4.69) is 5.32 Å². The van der Waals surface area contributed by atoms with Crippen molar-refractivity contribution in [3.63, 3.8) is 0 Å². The molecule has 0 saturated carbocycles. The molecule has 0 spiro atoms. The lowest BCUT2D eigenvalue weighted by molar-refractivity contribution is -0.149. The number of ether oxygens (including phenoxy) is 4. The van der Waals surface area contributed by atoms with Crippen molar-refractivity contribution < 1.29 is 37.7 Å². The van der Waals surface area contributed by atoms with Crippen LogP contribution in [0.2, 0.25) is 0 Å². The number of anilines is 1. The molecule has 9 nitrogen and oxygen atoms in total.